The summed E-state index contributed by atoms with van der Waals surface area (Å²) < 4.78 is 41.4. The van der Waals surface area contributed by atoms with Crippen LogP contribution in [0.15, 0.2) is 48.7 Å². The minimum absolute atomic E-state index is 0.0888. The van der Waals surface area contributed by atoms with Crippen LogP contribution in [0.25, 0.3) is 10.9 Å². The van der Waals surface area contributed by atoms with Crippen molar-refractivity contribution < 1.29 is 32.7 Å². The average molecular weight is 512 g/mol. The third kappa shape index (κ3) is 5.00. The molecule has 0 unspecified atom stereocenters. The number of hydrogen-bond donors (Lipinski definition) is 3. The van der Waals surface area contributed by atoms with E-state index in [-0.39, 0.29) is 41.9 Å². The van der Waals surface area contributed by atoms with Crippen LogP contribution in [-0.2, 0) is 27.2 Å². The zero-order valence-corrected chi connectivity index (χ0v) is 19.3. The molecule has 8 nitrogen and oxygen atoms in total. The summed E-state index contributed by atoms with van der Waals surface area (Å²) in [6.45, 7) is -0.697. The van der Waals surface area contributed by atoms with Crippen molar-refractivity contribution in [2.24, 2.45) is 0 Å². The lowest BCUT2D eigenvalue weighted by Gasteiger charge is -2.24. The molecule has 2 atom stereocenters. The quantitative estimate of drug-likeness (QED) is 0.440. The summed E-state index contributed by atoms with van der Waals surface area (Å²) in [5.41, 5.74) is 0.579. The summed E-state index contributed by atoms with van der Waals surface area (Å²) in [7, 11) is -4.49. The number of fused-ring (bicyclic) bond motifs is 1. The number of nitrogens with zero attached hydrogens (tertiary/aromatic N) is 2. The van der Waals surface area contributed by atoms with Crippen molar-refractivity contribution in [1.82, 2.24) is 14.8 Å². The summed E-state index contributed by atoms with van der Waals surface area (Å²) in [4.78, 5) is 45.7. The Morgan fingerprint density at radius 3 is 2.71 bits per heavy atom. The van der Waals surface area contributed by atoms with Gasteiger partial charge in [-0.3, -0.25) is 14.2 Å². The Hall–Kier alpha value is -2.78. The third-order valence-corrected chi connectivity index (χ3v) is 7.00. The van der Waals surface area contributed by atoms with Crippen molar-refractivity contribution in [3.8, 4) is 0 Å². The summed E-state index contributed by atoms with van der Waals surface area (Å²) in [5.74, 6) is -1.82. The molecule has 3 aromatic rings. The van der Waals surface area contributed by atoms with Crippen LogP contribution in [0.2, 0.25) is 5.02 Å². The zero-order chi connectivity index (χ0) is 24.6. The first kappa shape index (κ1) is 24.3. The zero-order valence-electron chi connectivity index (χ0n) is 17.7. The number of benzene rings is 2. The highest BCUT2D eigenvalue weighted by atomic mass is 35.5. The van der Waals surface area contributed by atoms with E-state index in [9.17, 15) is 32.7 Å². The molecule has 0 aliphatic carbocycles. The van der Waals surface area contributed by atoms with Gasteiger partial charge in [0, 0.05) is 30.2 Å². The number of likely N-dealkylation sites (tertiary alicyclic amines) is 1. The van der Waals surface area contributed by atoms with Crippen molar-refractivity contribution >= 4 is 47.2 Å². The minimum atomic E-state index is -4.49. The molecular formula is C22H21ClF2N3O5P. The molecule has 1 aliphatic rings. The molecule has 1 saturated heterocycles. The van der Waals surface area contributed by atoms with Crippen molar-refractivity contribution in [3.63, 3.8) is 0 Å². The molecule has 1 aromatic heterocycles. The molecule has 1 fully saturated rings. The summed E-state index contributed by atoms with van der Waals surface area (Å²) >= 11 is 5.75. The van der Waals surface area contributed by atoms with Crippen LogP contribution < -0.4 is 10.6 Å². The van der Waals surface area contributed by atoms with Crippen molar-refractivity contribution in [2.45, 2.75) is 31.7 Å². The summed E-state index contributed by atoms with van der Waals surface area (Å²) in [6.07, 6.45) is -0.0126. The van der Waals surface area contributed by atoms with Crippen LogP contribution >= 0.6 is 19.2 Å². The molecule has 0 bridgehead atoms. The number of nitrogens with one attached hydrogen (secondary N) is 1. The number of amides is 2. The maximum Gasteiger partial charge on any atom is 0.356 e. The van der Waals surface area contributed by atoms with Gasteiger partial charge in [0.05, 0.1) is 16.9 Å². The molecule has 2 heterocycles. The highest BCUT2D eigenvalue weighted by Gasteiger charge is 2.39. The highest BCUT2D eigenvalue weighted by Crippen LogP contribution is 2.34. The maximum atomic E-state index is 14.2. The number of hydrogen-bond acceptors (Lipinski definition) is 3. The van der Waals surface area contributed by atoms with Gasteiger partial charge in [0.2, 0.25) is 11.8 Å². The fourth-order valence-electron chi connectivity index (χ4n) is 4.02. The lowest BCUT2D eigenvalue weighted by atomic mass is 10.1. The van der Waals surface area contributed by atoms with Gasteiger partial charge in [0.15, 0.2) is 0 Å². The fraction of sp³-hybridized carbons (Fsp3) is 0.273. The molecule has 4 rings (SSSR count). The first-order chi connectivity index (χ1) is 16.0. The molecule has 0 spiro atoms. The van der Waals surface area contributed by atoms with Gasteiger partial charge in [-0.1, -0.05) is 29.8 Å². The van der Waals surface area contributed by atoms with Crippen molar-refractivity contribution in [3.05, 3.63) is 65.1 Å². The Balaban J connectivity index is 1.49. The number of carbonyl (C=O) groups is 2. The minimum Gasteiger partial charge on any atom is -0.350 e. The average Bonchev–Trinajstić information content (AvgIpc) is 3.37. The molecule has 0 saturated carbocycles. The highest BCUT2D eigenvalue weighted by molar-refractivity contribution is 7.60. The van der Waals surface area contributed by atoms with Gasteiger partial charge in [-0.25, -0.2) is 8.78 Å². The number of rotatable bonds is 6. The van der Waals surface area contributed by atoms with Crippen LogP contribution in [0.1, 0.15) is 12.0 Å². The van der Waals surface area contributed by atoms with Gasteiger partial charge in [0.25, 0.3) is 0 Å². The Morgan fingerprint density at radius 1 is 1.21 bits per heavy atom. The smallest absolute Gasteiger partial charge is 0.350 e. The first-order valence-corrected chi connectivity index (χ1v) is 12.3. The van der Waals surface area contributed by atoms with E-state index in [1.165, 1.54) is 41.0 Å². The molecule has 34 heavy (non-hydrogen) atoms. The largest absolute Gasteiger partial charge is 0.356 e. The van der Waals surface area contributed by atoms with E-state index >= 15 is 0 Å². The molecule has 2 aromatic carbocycles. The van der Waals surface area contributed by atoms with Gasteiger partial charge in [-0.2, -0.15) is 0 Å². The topological polar surface area (TPSA) is 112 Å². The van der Waals surface area contributed by atoms with Gasteiger partial charge in [-0.05, 0) is 29.7 Å². The van der Waals surface area contributed by atoms with E-state index in [1.54, 1.807) is 12.3 Å². The van der Waals surface area contributed by atoms with Crippen molar-refractivity contribution in [1.29, 1.82) is 0 Å². The predicted molar refractivity (Wildman–Crippen MR) is 122 cm³/mol. The molecule has 2 amide bonds. The van der Waals surface area contributed by atoms with Gasteiger partial charge >= 0.3 is 7.60 Å². The molecule has 12 heteroatoms. The summed E-state index contributed by atoms with van der Waals surface area (Å²) in [6, 6.07) is 9.12. The van der Waals surface area contributed by atoms with E-state index in [2.05, 4.69) is 5.32 Å². The van der Waals surface area contributed by atoms with Crippen LogP contribution in [0.3, 0.4) is 0 Å². The standard InChI is InChI=1S/C22H21ClF2N3O5P/c23-17-3-1-2-14(21(17)25)10-26-22(30)19-8-15(24)11-28(19)20(29)12-27-7-6-13-4-5-16(9-18(13)27)34(31,32)33/h1-7,9,15,19H,8,10-12H2,(H,26,30)(H2,31,32,33)/t15-,19+/m1/s1. The van der Waals surface area contributed by atoms with Crippen LogP contribution in [0, 0.1) is 5.82 Å². The Labute approximate surface area is 198 Å². The van der Waals surface area contributed by atoms with Gasteiger partial charge < -0.3 is 24.6 Å². The second kappa shape index (κ2) is 9.46. The predicted octanol–water partition coefficient (Wildman–Crippen LogP) is 2.49. The monoisotopic (exact) mass is 511 g/mol. The van der Waals surface area contributed by atoms with Crippen LogP contribution in [-0.4, -0.2) is 49.8 Å². The number of halogens is 3. The van der Waals surface area contributed by atoms with E-state index in [0.29, 0.717) is 10.9 Å². The number of aromatic nitrogens is 1. The number of carbonyl (C=O) groups excluding carboxylic acids is 2. The molecular weight excluding hydrogens is 491 g/mol. The second-order valence-electron chi connectivity index (χ2n) is 8.06. The third-order valence-electron chi connectivity index (χ3n) is 5.76. The van der Waals surface area contributed by atoms with Gasteiger partial charge in [-0.15, -0.1) is 0 Å². The summed E-state index contributed by atoms with van der Waals surface area (Å²) in [5, 5.41) is 2.91. The van der Waals surface area contributed by atoms with Crippen molar-refractivity contribution in [2.75, 3.05) is 6.54 Å². The van der Waals surface area contributed by atoms with E-state index in [1.807, 2.05) is 0 Å². The Kier molecular flexibility index (Phi) is 6.78. The van der Waals surface area contributed by atoms with E-state index in [4.69, 9.17) is 11.6 Å². The Morgan fingerprint density at radius 2 is 1.97 bits per heavy atom. The molecule has 3 N–H and O–H groups in total. The van der Waals surface area contributed by atoms with E-state index in [0.717, 1.165) is 4.90 Å². The maximum absolute atomic E-state index is 14.2. The molecule has 0 radical (unpaired) electrons. The van der Waals surface area contributed by atoms with Crippen LogP contribution in [0.5, 0.6) is 0 Å². The SMILES string of the molecule is O=C(NCc1cccc(Cl)c1F)[C@@H]1C[C@@H](F)CN1C(=O)Cn1ccc2ccc(P(=O)(O)O)cc21. The Bertz CT molecular complexity index is 1310. The lowest BCUT2D eigenvalue weighted by molar-refractivity contribution is -0.139. The van der Waals surface area contributed by atoms with E-state index < -0.39 is 37.4 Å². The van der Waals surface area contributed by atoms with Crippen LogP contribution in [0.4, 0.5) is 8.78 Å². The van der Waals surface area contributed by atoms with Gasteiger partial charge in [0.1, 0.15) is 24.6 Å². The lowest BCUT2D eigenvalue weighted by Crippen LogP contribution is -2.46. The molecule has 180 valence electrons. The fourth-order valence-corrected chi connectivity index (χ4v) is 4.78. The normalized spacial score (nSPS) is 18.4. The second-order valence-corrected chi connectivity index (χ2v) is 10.1. The number of alkyl halides is 1. The first-order valence-electron chi connectivity index (χ1n) is 10.3. The molecule has 1 aliphatic heterocycles.